The van der Waals surface area contributed by atoms with Crippen LogP contribution < -0.4 is 5.32 Å². The highest BCUT2D eigenvalue weighted by Crippen LogP contribution is 2.29. The third kappa shape index (κ3) is 5.97. The van der Waals surface area contributed by atoms with Gasteiger partial charge < -0.3 is 10.1 Å². The minimum atomic E-state index is -5.14. The summed E-state index contributed by atoms with van der Waals surface area (Å²) in [6.45, 7) is 4.72. The first kappa shape index (κ1) is 21.4. The van der Waals surface area contributed by atoms with Crippen LogP contribution in [0.3, 0.4) is 0 Å². The number of benzene rings is 1. The van der Waals surface area contributed by atoms with E-state index in [2.05, 4.69) is 5.32 Å². The Labute approximate surface area is 149 Å². The fourth-order valence-corrected chi connectivity index (χ4v) is 1.89. The van der Waals surface area contributed by atoms with E-state index in [-0.39, 0.29) is 5.02 Å². The van der Waals surface area contributed by atoms with E-state index in [1.807, 2.05) is 9.24 Å². The maximum Gasteiger partial charge on any atom is 0.454 e. The second-order valence-corrected chi connectivity index (χ2v) is 7.12. The molecule has 1 amide bonds. The van der Waals surface area contributed by atoms with Crippen molar-refractivity contribution in [2.75, 3.05) is 5.32 Å². The van der Waals surface area contributed by atoms with Crippen LogP contribution in [-0.4, -0.2) is 29.7 Å². The molecule has 0 spiro atoms. The summed E-state index contributed by atoms with van der Waals surface area (Å²) in [5.74, 6) is -5.10. The molecule has 0 saturated carbocycles. The van der Waals surface area contributed by atoms with E-state index in [4.69, 9.17) is 16.3 Å². The summed E-state index contributed by atoms with van der Waals surface area (Å²) in [5.41, 5.74) is -2.07. The molecule has 0 bridgehead atoms. The molecule has 0 aliphatic heterocycles. The Kier molecular flexibility index (Phi) is 6.59. The Bertz CT molecular complexity index is 701. The van der Waals surface area contributed by atoms with E-state index in [0.717, 1.165) is 12.1 Å². The summed E-state index contributed by atoms with van der Waals surface area (Å²) in [4.78, 5) is 35.3. The zero-order chi connectivity index (χ0) is 19.6. The van der Waals surface area contributed by atoms with Crippen molar-refractivity contribution in [3.05, 3.63) is 28.8 Å². The van der Waals surface area contributed by atoms with Gasteiger partial charge in [-0.05, 0) is 39.0 Å². The lowest BCUT2D eigenvalue weighted by molar-refractivity contribution is -0.157. The molecule has 25 heavy (non-hydrogen) atoms. The maximum absolute atomic E-state index is 12.7. The summed E-state index contributed by atoms with van der Waals surface area (Å²) in [6.07, 6.45) is -5.14. The minimum absolute atomic E-state index is 0.104. The van der Waals surface area contributed by atoms with Crippen LogP contribution in [0.5, 0.6) is 0 Å². The number of ether oxygens (including phenoxy) is 1. The van der Waals surface area contributed by atoms with Gasteiger partial charge >= 0.3 is 12.1 Å². The summed E-state index contributed by atoms with van der Waals surface area (Å²) in [5, 5.41) is 2.03. The van der Waals surface area contributed by atoms with Gasteiger partial charge in [-0.25, -0.2) is 0 Å². The third-order valence-corrected chi connectivity index (χ3v) is 3.52. The number of amides is 1. The predicted molar refractivity (Wildman–Crippen MR) is 89.5 cm³/mol. The fraction of sp³-hybridized carbons (Fsp3) is 0.400. The maximum atomic E-state index is 12.7. The molecule has 0 heterocycles. The highest BCUT2D eigenvalue weighted by molar-refractivity contribution is 7.19. The van der Waals surface area contributed by atoms with Crippen molar-refractivity contribution in [2.24, 2.45) is 5.41 Å². The van der Waals surface area contributed by atoms with Crippen molar-refractivity contribution in [2.45, 2.75) is 32.8 Å². The van der Waals surface area contributed by atoms with E-state index in [1.54, 1.807) is 20.8 Å². The van der Waals surface area contributed by atoms with Crippen LogP contribution >= 0.6 is 20.8 Å². The van der Waals surface area contributed by atoms with Gasteiger partial charge in [-0.3, -0.25) is 14.4 Å². The number of ketones is 1. The number of anilines is 1. The fourth-order valence-electron chi connectivity index (χ4n) is 1.52. The van der Waals surface area contributed by atoms with Crippen molar-refractivity contribution in [1.82, 2.24) is 0 Å². The molecule has 2 atom stereocenters. The van der Waals surface area contributed by atoms with Crippen LogP contribution in [0.25, 0.3) is 0 Å². The molecule has 1 unspecified atom stereocenters. The van der Waals surface area contributed by atoms with Crippen molar-refractivity contribution in [3.63, 3.8) is 0 Å². The summed E-state index contributed by atoms with van der Waals surface area (Å²) < 4.78 is 42.9. The topological polar surface area (TPSA) is 72.5 Å². The zero-order valence-corrected chi connectivity index (χ0v) is 15.4. The van der Waals surface area contributed by atoms with Crippen LogP contribution in [0, 0.1) is 5.41 Å². The van der Waals surface area contributed by atoms with Gasteiger partial charge in [-0.2, -0.15) is 13.2 Å². The van der Waals surface area contributed by atoms with Crippen molar-refractivity contribution in [1.29, 1.82) is 0 Å². The number of hydrogen-bond donors (Lipinski definition) is 1. The van der Waals surface area contributed by atoms with E-state index in [0.29, 0.717) is 0 Å². The van der Waals surface area contributed by atoms with Gasteiger partial charge in [0, 0.05) is 5.02 Å². The lowest BCUT2D eigenvalue weighted by Gasteiger charge is -2.21. The molecule has 1 aromatic carbocycles. The molecule has 0 fully saturated rings. The van der Waals surface area contributed by atoms with E-state index >= 15 is 0 Å². The van der Waals surface area contributed by atoms with Crippen molar-refractivity contribution >= 4 is 44.2 Å². The number of nitrogens with one attached hydrogen (secondary N) is 1. The molecule has 138 valence electrons. The number of Topliss-reactive ketones (excluding diaryl/α,β-unsaturated/α-hetero) is 1. The second-order valence-electron chi connectivity index (χ2n) is 6.08. The van der Waals surface area contributed by atoms with Gasteiger partial charge in [0.1, 0.15) is 0 Å². The van der Waals surface area contributed by atoms with Gasteiger partial charge in [0.05, 0.1) is 16.7 Å². The molecule has 0 radical (unpaired) electrons. The Morgan fingerprint density at radius 2 is 1.76 bits per heavy atom. The van der Waals surface area contributed by atoms with Crippen LogP contribution in [0.1, 0.15) is 31.1 Å². The van der Waals surface area contributed by atoms with Crippen LogP contribution in [0.15, 0.2) is 18.2 Å². The largest absolute Gasteiger partial charge is 0.454 e. The lowest BCUT2D eigenvalue weighted by atomic mass is 9.97. The average Bonchev–Trinajstić information content (AvgIpc) is 2.46. The number of carbonyl (C=O) groups is 3. The molecule has 0 saturated heterocycles. The summed E-state index contributed by atoms with van der Waals surface area (Å²) in [6, 6.07) is 3.07. The first-order valence-corrected chi connectivity index (χ1v) is 7.96. The number of halogens is 4. The van der Waals surface area contributed by atoms with E-state index < -0.39 is 46.3 Å². The van der Waals surface area contributed by atoms with Crippen LogP contribution in [0.2, 0.25) is 5.02 Å². The zero-order valence-electron chi connectivity index (χ0n) is 13.5. The number of alkyl halides is 3. The standard InChI is InChI=1S/C15H16ClF3NO4P/c1-14(2,3)13(23)24-12(25)11(22)20-9-5-4-7(16)6-8(9)10(21)15(17,18)19/h4-6,12H,25H2,1-3H3,(H,20,22)/t12-/m1/s1. The van der Waals surface area contributed by atoms with Crippen LogP contribution in [0.4, 0.5) is 18.9 Å². The number of rotatable bonds is 4. The first-order valence-electron chi connectivity index (χ1n) is 6.92. The second kappa shape index (κ2) is 7.70. The molecule has 1 N–H and O–H groups in total. The molecule has 10 heteroatoms. The average molecular weight is 398 g/mol. The summed E-state index contributed by atoms with van der Waals surface area (Å²) in [7, 11) is 1.96. The molecule has 1 aromatic rings. The molecule has 0 aliphatic carbocycles. The normalized spacial score (nSPS) is 13.1. The molecule has 5 nitrogen and oxygen atoms in total. The van der Waals surface area contributed by atoms with Crippen molar-refractivity contribution in [3.8, 4) is 0 Å². The van der Waals surface area contributed by atoms with Gasteiger partial charge in [0.25, 0.3) is 11.7 Å². The number of hydrogen-bond acceptors (Lipinski definition) is 4. The first-order chi connectivity index (χ1) is 11.2. The molecular weight excluding hydrogens is 382 g/mol. The number of carbonyl (C=O) groups excluding carboxylic acids is 3. The number of esters is 1. The Morgan fingerprint density at radius 3 is 2.24 bits per heavy atom. The van der Waals surface area contributed by atoms with Gasteiger partial charge in [0.15, 0.2) is 5.85 Å². The SMILES string of the molecule is CC(C)(C)C(=O)O[C@H](P)C(=O)Nc1ccc(Cl)cc1C(=O)C(F)(F)F. The van der Waals surface area contributed by atoms with Crippen LogP contribution in [-0.2, 0) is 14.3 Å². The van der Waals surface area contributed by atoms with E-state index in [9.17, 15) is 27.6 Å². The summed E-state index contributed by atoms with van der Waals surface area (Å²) >= 11 is 5.62. The van der Waals surface area contributed by atoms with Gasteiger partial charge in [-0.15, -0.1) is 0 Å². The van der Waals surface area contributed by atoms with E-state index in [1.165, 1.54) is 6.07 Å². The molecule has 0 aliphatic rings. The van der Waals surface area contributed by atoms with Crippen molar-refractivity contribution < 1.29 is 32.3 Å². The molecule has 1 rings (SSSR count). The quantitative estimate of drug-likeness (QED) is 0.476. The Balaban J connectivity index is 3.01. The Morgan fingerprint density at radius 1 is 1.20 bits per heavy atom. The minimum Gasteiger partial charge on any atom is -0.448 e. The highest BCUT2D eigenvalue weighted by Gasteiger charge is 2.41. The van der Waals surface area contributed by atoms with Gasteiger partial charge in [0.2, 0.25) is 0 Å². The third-order valence-electron chi connectivity index (χ3n) is 2.85. The van der Waals surface area contributed by atoms with Gasteiger partial charge in [-0.1, -0.05) is 20.8 Å². The molecule has 0 aromatic heterocycles. The Hall–Kier alpha value is -1.66. The lowest BCUT2D eigenvalue weighted by Crippen LogP contribution is -2.33. The highest BCUT2D eigenvalue weighted by atomic mass is 35.5. The smallest absolute Gasteiger partial charge is 0.448 e. The monoisotopic (exact) mass is 397 g/mol. The predicted octanol–water partition coefficient (Wildman–Crippen LogP) is 3.81. The molecular formula is C15H16ClF3NO4P.